The Morgan fingerprint density at radius 2 is 2.17 bits per heavy atom. The van der Waals surface area contributed by atoms with Gasteiger partial charge in [0.2, 0.25) is 0 Å². The first kappa shape index (κ1) is 13.8. The van der Waals surface area contributed by atoms with E-state index >= 15 is 0 Å². The zero-order valence-electron chi connectivity index (χ0n) is 9.96. The fraction of sp³-hybridized carbons (Fsp3) is 0.333. The Hall–Kier alpha value is -2.24. The number of ether oxygens (including phenoxy) is 2. The predicted molar refractivity (Wildman–Crippen MR) is 64.2 cm³/mol. The number of esters is 1. The summed E-state index contributed by atoms with van der Waals surface area (Å²) in [7, 11) is 0. The Morgan fingerprint density at radius 1 is 1.44 bits per heavy atom. The number of nitrogens with two attached hydrogens (primary N) is 1. The van der Waals surface area contributed by atoms with Gasteiger partial charge in [-0.05, 0) is 19.1 Å². The minimum absolute atomic E-state index is 0.0214. The van der Waals surface area contributed by atoms with E-state index in [1.165, 1.54) is 6.92 Å². The highest BCUT2D eigenvalue weighted by Crippen LogP contribution is 2.14. The maximum Gasteiger partial charge on any atom is 0.344 e. The molecule has 0 radical (unpaired) electrons. The topological polar surface area (TPSA) is 98.9 Å². The van der Waals surface area contributed by atoms with Crippen molar-refractivity contribution in [1.82, 2.24) is 0 Å². The van der Waals surface area contributed by atoms with Gasteiger partial charge in [0, 0.05) is 11.8 Å². The van der Waals surface area contributed by atoms with Crippen LogP contribution >= 0.6 is 0 Å². The summed E-state index contributed by atoms with van der Waals surface area (Å²) < 4.78 is 9.90. The molecule has 1 rings (SSSR count). The van der Waals surface area contributed by atoms with Gasteiger partial charge in [-0.3, -0.25) is 4.79 Å². The van der Waals surface area contributed by atoms with Crippen molar-refractivity contribution in [3.05, 3.63) is 24.3 Å². The molecule has 0 bridgehead atoms. The van der Waals surface area contributed by atoms with Crippen molar-refractivity contribution in [2.75, 3.05) is 12.3 Å². The second-order valence-corrected chi connectivity index (χ2v) is 3.64. The lowest BCUT2D eigenvalue weighted by molar-refractivity contribution is -0.162. The van der Waals surface area contributed by atoms with Gasteiger partial charge >= 0.3 is 11.9 Å². The molecular weight excluding hydrogens is 238 g/mol. The summed E-state index contributed by atoms with van der Waals surface area (Å²) in [6, 6.07) is 6.79. The van der Waals surface area contributed by atoms with Crippen molar-refractivity contribution in [3.8, 4) is 5.75 Å². The van der Waals surface area contributed by atoms with Gasteiger partial charge in [-0.1, -0.05) is 6.07 Å². The van der Waals surface area contributed by atoms with E-state index in [9.17, 15) is 9.59 Å². The fourth-order valence-electron chi connectivity index (χ4n) is 1.16. The third kappa shape index (κ3) is 4.73. The molecule has 1 unspecified atom stereocenters. The standard InChI is InChI=1S/C12H15NO5/c1-8(12(15)16)18-11(14)5-6-17-10-4-2-3-9(13)7-10/h2-4,7-8H,5-6,13H2,1H3,(H,15,16). The van der Waals surface area contributed by atoms with Crippen LogP contribution in [0.15, 0.2) is 24.3 Å². The van der Waals surface area contributed by atoms with Crippen LogP contribution in [0.1, 0.15) is 13.3 Å². The molecule has 1 aromatic carbocycles. The van der Waals surface area contributed by atoms with Gasteiger partial charge in [0.05, 0.1) is 13.0 Å². The first-order valence-corrected chi connectivity index (χ1v) is 5.39. The second kappa shape index (κ2) is 6.48. The number of anilines is 1. The Bertz CT molecular complexity index is 432. The minimum atomic E-state index is -1.18. The number of carboxylic acids is 1. The maximum absolute atomic E-state index is 11.2. The van der Waals surface area contributed by atoms with Crippen LogP contribution in [-0.4, -0.2) is 29.8 Å². The molecule has 0 spiro atoms. The van der Waals surface area contributed by atoms with E-state index in [-0.39, 0.29) is 13.0 Å². The molecule has 0 saturated heterocycles. The van der Waals surface area contributed by atoms with Gasteiger partial charge in [-0.2, -0.15) is 0 Å². The average molecular weight is 253 g/mol. The Kier molecular flexibility index (Phi) is 4.98. The van der Waals surface area contributed by atoms with Crippen LogP contribution in [0.2, 0.25) is 0 Å². The van der Waals surface area contributed by atoms with Crippen LogP contribution in [0.25, 0.3) is 0 Å². The van der Waals surface area contributed by atoms with E-state index in [0.717, 1.165) is 0 Å². The minimum Gasteiger partial charge on any atom is -0.493 e. The molecule has 0 aliphatic rings. The lowest BCUT2D eigenvalue weighted by Crippen LogP contribution is -2.24. The van der Waals surface area contributed by atoms with Crippen LogP contribution in [-0.2, 0) is 14.3 Å². The molecule has 6 heteroatoms. The lowest BCUT2D eigenvalue weighted by atomic mass is 10.3. The summed E-state index contributed by atoms with van der Waals surface area (Å²) in [6.45, 7) is 1.40. The Balaban J connectivity index is 2.29. The van der Waals surface area contributed by atoms with Crippen molar-refractivity contribution in [3.63, 3.8) is 0 Å². The van der Waals surface area contributed by atoms with Gasteiger partial charge in [0.1, 0.15) is 5.75 Å². The van der Waals surface area contributed by atoms with E-state index in [1.807, 2.05) is 0 Å². The quantitative estimate of drug-likeness (QED) is 0.580. The SMILES string of the molecule is CC(OC(=O)CCOc1cccc(N)c1)C(=O)O. The van der Waals surface area contributed by atoms with Crippen LogP contribution in [0.5, 0.6) is 5.75 Å². The van der Waals surface area contributed by atoms with Crippen LogP contribution in [0.4, 0.5) is 5.69 Å². The molecule has 1 aromatic rings. The van der Waals surface area contributed by atoms with E-state index in [0.29, 0.717) is 11.4 Å². The van der Waals surface area contributed by atoms with Crippen molar-refractivity contribution in [1.29, 1.82) is 0 Å². The van der Waals surface area contributed by atoms with E-state index < -0.39 is 18.0 Å². The van der Waals surface area contributed by atoms with Crippen LogP contribution in [0.3, 0.4) is 0 Å². The summed E-state index contributed by atoms with van der Waals surface area (Å²) in [6.07, 6.45) is -1.17. The molecule has 0 saturated carbocycles. The van der Waals surface area contributed by atoms with Crippen molar-refractivity contribution >= 4 is 17.6 Å². The third-order valence-corrected chi connectivity index (χ3v) is 2.09. The van der Waals surface area contributed by atoms with Crippen LogP contribution < -0.4 is 10.5 Å². The zero-order chi connectivity index (χ0) is 13.5. The van der Waals surface area contributed by atoms with Gasteiger partial charge in [0.15, 0.2) is 6.10 Å². The number of hydrogen-bond donors (Lipinski definition) is 2. The molecule has 0 amide bonds. The number of hydrogen-bond acceptors (Lipinski definition) is 5. The normalized spacial score (nSPS) is 11.6. The summed E-state index contributed by atoms with van der Waals surface area (Å²) in [5.74, 6) is -1.25. The second-order valence-electron chi connectivity index (χ2n) is 3.64. The number of carbonyl (C=O) groups excluding carboxylic acids is 1. The number of carbonyl (C=O) groups is 2. The van der Waals surface area contributed by atoms with Crippen molar-refractivity contribution in [2.24, 2.45) is 0 Å². The number of rotatable bonds is 6. The number of benzene rings is 1. The maximum atomic E-state index is 11.2. The highest BCUT2D eigenvalue weighted by Gasteiger charge is 2.15. The molecule has 0 fully saturated rings. The molecule has 18 heavy (non-hydrogen) atoms. The smallest absolute Gasteiger partial charge is 0.344 e. The average Bonchev–Trinajstić information content (AvgIpc) is 2.28. The first-order valence-electron chi connectivity index (χ1n) is 5.39. The lowest BCUT2D eigenvalue weighted by Gasteiger charge is -2.09. The molecule has 0 aliphatic heterocycles. The number of aliphatic carboxylic acids is 1. The molecule has 0 heterocycles. The van der Waals surface area contributed by atoms with Crippen molar-refractivity contribution < 1.29 is 24.2 Å². The largest absolute Gasteiger partial charge is 0.493 e. The summed E-state index contributed by atoms with van der Waals surface area (Å²) in [5.41, 5.74) is 6.12. The van der Waals surface area contributed by atoms with Gasteiger partial charge in [-0.25, -0.2) is 4.79 Å². The van der Waals surface area contributed by atoms with Crippen LogP contribution in [0, 0.1) is 0 Å². The van der Waals surface area contributed by atoms with Gasteiger partial charge in [-0.15, -0.1) is 0 Å². The summed E-state index contributed by atoms with van der Waals surface area (Å²) in [4.78, 5) is 21.7. The highest BCUT2D eigenvalue weighted by molar-refractivity contribution is 5.77. The van der Waals surface area contributed by atoms with Gasteiger partial charge < -0.3 is 20.3 Å². The third-order valence-electron chi connectivity index (χ3n) is 2.09. The summed E-state index contributed by atoms with van der Waals surface area (Å²) in [5, 5.41) is 8.54. The summed E-state index contributed by atoms with van der Waals surface area (Å²) >= 11 is 0. The van der Waals surface area contributed by atoms with Gasteiger partial charge in [0.25, 0.3) is 0 Å². The molecule has 0 aromatic heterocycles. The fourth-order valence-corrected chi connectivity index (χ4v) is 1.16. The zero-order valence-corrected chi connectivity index (χ0v) is 9.96. The van der Waals surface area contributed by atoms with Crippen molar-refractivity contribution in [2.45, 2.75) is 19.4 Å². The molecule has 6 nitrogen and oxygen atoms in total. The monoisotopic (exact) mass is 253 g/mol. The first-order chi connectivity index (χ1) is 8.49. The number of nitrogen functional groups attached to an aromatic ring is 1. The van der Waals surface area contributed by atoms with E-state index in [4.69, 9.17) is 15.6 Å². The number of carboxylic acid groups (broad SMARTS) is 1. The molecule has 3 N–H and O–H groups in total. The molecular formula is C12H15NO5. The molecule has 1 atom stereocenters. The van der Waals surface area contributed by atoms with E-state index in [2.05, 4.69) is 4.74 Å². The molecule has 0 aliphatic carbocycles. The molecule has 98 valence electrons. The highest BCUT2D eigenvalue weighted by atomic mass is 16.6. The van der Waals surface area contributed by atoms with E-state index in [1.54, 1.807) is 24.3 Å². The predicted octanol–water partition coefficient (Wildman–Crippen LogP) is 1.05. The Morgan fingerprint density at radius 3 is 2.78 bits per heavy atom. The Labute approximate surface area is 104 Å².